The molecule has 0 spiro atoms. The maximum absolute atomic E-state index is 14.3. The summed E-state index contributed by atoms with van der Waals surface area (Å²) in [6, 6.07) is 19.7. The smallest absolute Gasteiger partial charge is 0.255 e. The van der Waals surface area contributed by atoms with Crippen molar-refractivity contribution in [3.63, 3.8) is 0 Å². The van der Waals surface area contributed by atoms with Crippen LogP contribution in [-0.2, 0) is 6.42 Å². The van der Waals surface area contributed by atoms with Gasteiger partial charge >= 0.3 is 0 Å². The van der Waals surface area contributed by atoms with Crippen molar-refractivity contribution in [2.45, 2.75) is 50.7 Å². The van der Waals surface area contributed by atoms with Crippen LogP contribution >= 0.6 is 23.2 Å². The van der Waals surface area contributed by atoms with E-state index in [1.54, 1.807) is 33.5 Å². The van der Waals surface area contributed by atoms with Gasteiger partial charge in [-0.1, -0.05) is 48.3 Å². The van der Waals surface area contributed by atoms with Crippen LogP contribution in [0.5, 0.6) is 17.2 Å². The van der Waals surface area contributed by atoms with Gasteiger partial charge in [0.15, 0.2) is 11.5 Å². The minimum atomic E-state index is -0.276. The van der Waals surface area contributed by atoms with Gasteiger partial charge in [0.25, 0.3) is 5.91 Å². The number of carbonyl (C=O) groups is 1. The van der Waals surface area contributed by atoms with Crippen molar-refractivity contribution >= 4 is 46.1 Å². The normalized spacial score (nSPS) is 15.0. The van der Waals surface area contributed by atoms with Crippen LogP contribution < -0.4 is 19.5 Å². The van der Waals surface area contributed by atoms with Gasteiger partial charge in [-0.3, -0.25) is 14.7 Å². The number of halogens is 2. The van der Waals surface area contributed by atoms with E-state index in [0.29, 0.717) is 32.9 Å². The first-order valence-corrected chi connectivity index (χ1v) is 17.9. The molecule has 1 amide bonds. The van der Waals surface area contributed by atoms with Crippen LogP contribution in [0, 0.1) is 0 Å². The van der Waals surface area contributed by atoms with Gasteiger partial charge in [-0.15, -0.1) is 0 Å². The maximum Gasteiger partial charge on any atom is 0.255 e. The van der Waals surface area contributed by atoms with Crippen molar-refractivity contribution in [2.75, 3.05) is 46.8 Å². The molecule has 1 aliphatic heterocycles. The molecule has 3 aromatic carbocycles. The summed E-state index contributed by atoms with van der Waals surface area (Å²) in [5.74, 6) is 1.82. The lowest BCUT2D eigenvalue weighted by molar-refractivity contribution is 0.0200. The van der Waals surface area contributed by atoms with Gasteiger partial charge in [0.2, 0.25) is 11.7 Å². The fraction of sp³-hybridized carbons (Fsp3) is 0.359. The molecule has 0 aliphatic carbocycles. The topological polar surface area (TPSA) is 105 Å². The number of nitrogens with zero attached hydrogens (tertiary/aromatic N) is 4. The van der Waals surface area contributed by atoms with Crippen molar-refractivity contribution in [3.05, 3.63) is 105 Å². The number of likely N-dealkylation sites (tertiary alicyclic amines) is 1. The highest BCUT2D eigenvalue weighted by atomic mass is 35.5. The molecular formula is C39H44Cl2N6O4. The fourth-order valence-corrected chi connectivity index (χ4v) is 7.49. The Morgan fingerprint density at radius 3 is 2.31 bits per heavy atom. The molecule has 1 saturated heterocycles. The van der Waals surface area contributed by atoms with Crippen LogP contribution in [0.25, 0.3) is 11.0 Å². The second kappa shape index (κ2) is 16.2. The summed E-state index contributed by atoms with van der Waals surface area (Å²) in [5, 5.41) is 4.65. The number of ether oxygens (including phenoxy) is 3. The zero-order valence-corrected chi connectivity index (χ0v) is 31.1. The number of rotatable bonds is 13. The van der Waals surface area contributed by atoms with E-state index in [2.05, 4.69) is 45.3 Å². The third-order valence-corrected chi connectivity index (χ3v) is 10.5. The Bertz CT molecular complexity index is 1940. The average Bonchev–Trinajstić information content (AvgIpc) is 3.58. The molecule has 0 saturated carbocycles. The first-order valence-electron chi connectivity index (χ1n) is 17.1. The van der Waals surface area contributed by atoms with Gasteiger partial charge in [0.05, 0.1) is 48.6 Å². The lowest BCUT2D eigenvalue weighted by Crippen LogP contribution is -2.55. The van der Waals surface area contributed by atoms with Gasteiger partial charge in [-0.05, 0) is 84.8 Å². The lowest BCUT2D eigenvalue weighted by Gasteiger charge is -2.45. The standard InChI is InChI=1S/C39H44Cl2N6O4/c1-6-29(25-10-11-30(40)31(41)21-25)37(46(2)38(48)27-22-33(49-3)36(51-5)34(23-27)50-4)47-18-14-28(15-19-47)43-39-44-32-9-7-8-26(35(32)45-39)20-24-12-16-42-17-13-24/h7-13,16-17,21-23,28-29,37H,6,14-15,18-20H2,1-5H3,(H2,43,44,45). The molecule has 0 radical (unpaired) electrons. The third kappa shape index (κ3) is 7.88. The number of amides is 1. The summed E-state index contributed by atoms with van der Waals surface area (Å²) in [6.07, 6.45) is 6.64. The minimum absolute atomic E-state index is 0.0468. The van der Waals surface area contributed by atoms with Crippen LogP contribution in [0.3, 0.4) is 0 Å². The van der Waals surface area contributed by atoms with Gasteiger partial charge < -0.3 is 29.4 Å². The van der Waals surface area contributed by atoms with Crippen LogP contribution in [-0.4, -0.2) is 84.3 Å². The van der Waals surface area contributed by atoms with E-state index in [1.165, 1.54) is 5.56 Å². The van der Waals surface area contributed by atoms with Crippen molar-refractivity contribution < 1.29 is 19.0 Å². The zero-order chi connectivity index (χ0) is 36.1. The van der Waals surface area contributed by atoms with Gasteiger partial charge in [-0.25, -0.2) is 4.98 Å². The van der Waals surface area contributed by atoms with E-state index in [0.717, 1.165) is 66.9 Å². The van der Waals surface area contributed by atoms with Gasteiger partial charge in [0.1, 0.15) is 0 Å². The molecule has 10 nitrogen and oxygen atoms in total. The molecule has 12 heteroatoms. The monoisotopic (exact) mass is 730 g/mol. The minimum Gasteiger partial charge on any atom is -0.493 e. The summed E-state index contributed by atoms with van der Waals surface area (Å²) in [5.41, 5.74) is 5.78. The van der Waals surface area contributed by atoms with Crippen molar-refractivity contribution in [3.8, 4) is 17.2 Å². The third-order valence-electron chi connectivity index (χ3n) is 9.79. The summed E-state index contributed by atoms with van der Waals surface area (Å²) in [7, 11) is 6.49. The molecule has 1 fully saturated rings. The molecule has 0 bridgehead atoms. The Morgan fingerprint density at radius 1 is 0.980 bits per heavy atom. The van der Waals surface area contributed by atoms with Crippen molar-refractivity contribution in [1.82, 2.24) is 24.8 Å². The van der Waals surface area contributed by atoms with E-state index in [-0.39, 0.29) is 24.0 Å². The number of anilines is 1. The molecule has 2 N–H and O–H groups in total. The maximum atomic E-state index is 14.3. The van der Waals surface area contributed by atoms with Gasteiger partial charge in [-0.2, -0.15) is 0 Å². The fourth-order valence-electron chi connectivity index (χ4n) is 7.18. The number of hydrogen-bond acceptors (Lipinski definition) is 8. The number of likely N-dealkylation sites (N-methyl/N-ethyl adjacent to an activating group) is 1. The highest BCUT2D eigenvalue weighted by molar-refractivity contribution is 6.42. The number of fused-ring (bicyclic) bond motifs is 1. The van der Waals surface area contributed by atoms with Crippen molar-refractivity contribution in [2.24, 2.45) is 0 Å². The molecule has 51 heavy (non-hydrogen) atoms. The predicted molar refractivity (Wildman–Crippen MR) is 203 cm³/mol. The lowest BCUT2D eigenvalue weighted by atomic mass is 9.90. The number of pyridine rings is 1. The van der Waals surface area contributed by atoms with Crippen LogP contribution in [0.2, 0.25) is 10.0 Å². The molecule has 1 aliphatic rings. The number of aromatic nitrogens is 3. The Kier molecular flexibility index (Phi) is 11.5. The largest absolute Gasteiger partial charge is 0.493 e. The van der Waals surface area contributed by atoms with E-state index in [9.17, 15) is 4.79 Å². The number of carbonyl (C=O) groups excluding carboxylic acids is 1. The second-order valence-corrected chi connectivity index (χ2v) is 13.6. The van der Waals surface area contributed by atoms with E-state index in [4.69, 9.17) is 42.4 Å². The number of para-hydroxylation sites is 1. The quantitative estimate of drug-likeness (QED) is 0.125. The Hall–Kier alpha value is -4.51. The second-order valence-electron chi connectivity index (χ2n) is 12.8. The molecule has 5 aromatic rings. The number of aromatic amines is 1. The molecule has 3 heterocycles. The summed E-state index contributed by atoms with van der Waals surface area (Å²) >= 11 is 12.9. The Balaban J connectivity index is 1.24. The van der Waals surface area contributed by atoms with Crippen molar-refractivity contribution in [1.29, 1.82) is 0 Å². The molecule has 2 aromatic heterocycles. The Labute approximate surface area is 309 Å². The Morgan fingerprint density at radius 2 is 1.69 bits per heavy atom. The van der Waals surface area contributed by atoms with E-state index >= 15 is 0 Å². The molecular weight excluding hydrogens is 687 g/mol. The number of methoxy groups -OCH3 is 3. The zero-order valence-electron chi connectivity index (χ0n) is 29.6. The highest BCUT2D eigenvalue weighted by Gasteiger charge is 2.37. The summed E-state index contributed by atoms with van der Waals surface area (Å²) < 4.78 is 16.7. The number of hydrogen-bond donors (Lipinski definition) is 2. The molecule has 6 rings (SSSR count). The molecule has 2 unspecified atom stereocenters. The number of piperidine rings is 1. The summed E-state index contributed by atoms with van der Waals surface area (Å²) in [4.78, 5) is 31.2. The van der Waals surface area contributed by atoms with E-state index in [1.807, 2.05) is 54.7 Å². The van der Waals surface area contributed by atoms with E-state index < -0.39 is 0 Å². The first kappa shape index (κ1) is 36.3. The number of H-pyrrole nitrogens is 1. The highest BCUT2D eigenvalue weighted by Crippen LogP contribution is 2.40. The summed E-state index contributed by atoms with van der Waals surface area (Å²) in [6.45, 7) is 3.66. The SMILES string of the molecule is CCC(c1ccc(Cl)c(Cl)c1)C(N1CCC(Nc2nc3c(Cc4ccncc4)cccc3[nH]2)CC1)N(C)C(=O)c1cc(OC)c(OC)c(OC)c1. The number of nitrogens with one attached hydrogen (secondary N) is 2. The van der Waals surface area contributed by atoms with Crippen LogP contribution in [0.15, 0.2) is 73.1 Å². The number of benzene rings is 3. The first-order chi connectivity index (χ1) is 24.7. The molecule has 268 valence electrons. The number of imidazole rings is 1. The average molecular weight is 732 g/mol. The predicted octanol–water partition coefficient (Wildman–Crippen LogP) is 8.05. The van der Waals surface area contributed by atoms with Crippen LogP contribution in [0.4, 0.5) is 5.95 Å². The van der Waals surface area contributed by atoms with Crippen LogP contribution in [0.1, 0.15) is 59.2 Å². The van der Waals surface area contributed by atoms with Gasteiger partial charge in [0, 0.05) is 50.1 Å². The molecule has 2 atom stereocenters.